The fourth-order valence-corrected chi connectivity index (χ4v) is 4.46. The van der Waals surface area contributed by atoms with Gasteiger partial charge in [-0.2, -0.15) is 13.2 Å². The molecule has 1 aromatic carbocycles. The molecule has 0 aromatic heterocycles. The quantitative estimate of drug-likeness (QED) is 0.783. The number of rotatable bonds is 1. The van der Waals surface area contributed by atoms with Crippen LogP contribution >= 0.6 is 0 Å². The minimum atomic E-state index is -4.74. The van der Waals surface area contributed by atoms with Crippen LogP contribution in [0.4, 0.5) is 13.2 Å². The van der Waals surface area contributed by atoms with Crippen molar-refractivity contribution >= 4 is 15.9 Å². The minimum absolute atomic E-state index is 0.293. The van der Waals surface area contributed by atoms with Crippen molar-refractivity contribution in [2.24, 2.45) is 10.2 Å². The summed E-state index contributed by atoms with van der Waals surface area (Å²) < 4.78 is 64.7. The van der Waals surface area contributed by atoms with Crippen LogP contribution in [0.3, 0.4) is 0 Å². The molecule has 0 bridgehead atoms. The Morgan fingerprint density at radius 1 is 1.13 bits per heavy atom. The molecule has 1 aromatic rings. The molecule has 0 atom stereocenters. The highest BCUT2D eigenvalue weighted by molar-refractivity contribution is 7.90. The second kappa shape index (κ2) is 4.11. The fourth-order valence-electron chi connectivity index (χ4n) is 2.56. The van der Waals surface area contributed by atoms with E-state index in [4.69, 9.17) is 0 Å². The number of hydrogen-bond donors (Lipinski definition) is 0. The van der Waals surface area contributed by atoms with Gasteiger partial charge in [0, 0.05) is 5.56 Å². The molecule has 0 aliphatic carbocycles. The molecule has 1 amide bonds. The number of carbonyl (C=O) groups excluding carboxylic acids is 1. The Morgan fingerprint density at radius 3 is 2.13 bits per heavy atom. The van der Waals surface area contributed by atoms with Gasteiger partial charge < -0.3 is 0 Å². The number of fused-ring (bicyclic) bond motifs is 1. The number of benzene rings is 1. The summed E-state index contributed by atoms with van der Waals surface area (Å²) in [6.07, 6.45) is -4.74. The predicted octanol–water partition coefficient (Wildman–Crippen LogP) is 2.81. The van der Waals surface area contributed by atoms with E-state index >= 15 is 0 Å². The number of halogens is 3. The first-order valence-corrected chi connectivity index (χ1v) is 8.01. The summed E-state index contributed by atoms with van der Waals surface area (Å²) in [5, 5.41) is 6.11. The lowest BCUT2D eigenvalue weighted by molar-refractivity contribution is -0.166. The van der Waals surface area contributed by atoms with E-state index in [1.165, 1.54) is 20.8 Å². The van der Waals surface area contributed by atoms with Crippen molar-refractivity contribution in [3.05, 3.63) is 29.3 Å². The highest BCUT2D eigenvalue weighted by Crippen LogP contribution is 2.53. The Labute approximate surface area is 130 Å². The van der Waals surface area contributed by atoms with Crippen molar-refractivity contribution in [2.45, 2.75) is 43.0 Å². The number of hydrogen-bond acceptors (Lipinski definition) is 5. The van der Waals surface area contributed by atoms with Crippen LogP contribution in [0, 0.1) is 0 Å². The summed E-state index contributed by atoms with van der Waals surface area (Å²) in [7, 11) is -4.09. The van der Waals surface area contributed by atoms with Gasteiger partial charge in [-0.15, -0.1) is 10.2 Å². The molecular weight excluding hydrogens is 335 g/mol. The van der Waals surface area contributed by atoms with Crippen molar-refractivity contribution in [2.75, 3.05) is 0 Å². The Balaban J connectivity index is 2.16. The molecule has 2 aliphatic rings. The zero-order valence-corrected chi connectivity index (χ0v) is 13.2. The van der Waals surface area contributed by atoms with Crippen LogP contribution in [-0.4, -0.2) is 30.3 Å². The lowest BCUT2D eigenvalue weighted by Gasteiger charge is -2.29. The maximum Gasteiger partial charge on any atom is 0.442 e. The van der Waals surface area contributed by atoms with E-state index in [0.717, 1.165) is 18.2 Å². The van der Waals surface area contributed by atoms with Gasteiger partial charge in [-0.3, -0.25) is 4.79 Å². The monoisotopic (exact) mass is 347 g/mol. The fraction of sp³-hybridized carbons (Fsp3) is 0.462. The summed E-state index contributed by atoms with van der Waals surface area (Å²) >= 11 is 0. The third kappa shape index (κ3) is 2.00. The summed E-state index contributed by atoms with van der Waals surface area (Å²) in [6.45, 7) is 4.58. The van der Waals surface area contributed by atoms with Gasteiger partial charge in [0.2, 0.25) is 0 Å². The summed E-state index contributed by atoms with van der Waals surface area (Å²) in [5.74, 6) is -0.854. The Bertz CT molecular complexity index is 847. The van der Waals surface area contributed by atoms with Crippen molar-refractivity contribution in [3.63, 3.8) is 0 Å². The molecular formula is C13H12F3N3O3S. The first kappa shape index (κ1) is 15.9. The predicted molar refractivity (Wildman–Crippen MR) is 72.1 cm³/mol. The van der Waals surface area contributed by atoms with Crippen molar-refractivity contribution < 1.29 is 26.4 Å². The molecule has 0 radical (unpaired) electrons. The second-order valence-electron chi connectivity index (χ2n) is 6.33. The van der Waals surface area contributed by atoms with Crippen molar-refractivity contribution in [1.29, 1.82) is 0 Å². The summed E-state index contributed by atoms with van der Waals surface area (Å²) in [5.41, 5.74) is -4.40. The lowest BCUT2D eigenvalue weighted by Crippen LogP contribution is -2.45. The van der Waals surface area contributed by atoms with Gasteiger partial charge in [-0.05, 0) is 32.9 Å². The first-order chi connectivity index (χ1) is 10.3. The SMILES string of the molecule is CC(C)(C)N1C(=O)c2cc(C3(C(F)(F)F)N=N3)ccc2S1(=O)=O. The average Bonchev–Trinajstić information content (AvgIpc) is 3.13. The van der Waals surface area contributed by atoms with Gasteiger partial charge in [0.1, 0.15) is 4.90 Å². The number of carbonyl (C=O) groups is 1. The van der Waals surface area contributed by atoms with Crippen LogP contribution in [0.25, 0.3) is 0 Å². The molecule has 6 nitrogen and oxygen atoms in total. The number of alkyl halides is 3. The van der Waals surface area contributed by atoms with Crippen LogP contribution in [0.1, 0.15) is 36.7 Å². The van der Waals surface area contributed by atoms with E-state index in [9.17, 15) is 26.4 Å². The molecule has 23 heavy (non-hydrogen) atoms. The smallest absolute Gasteiger partial charge is 0.268 e. The minimum Gasteiger partial charge on any atom is -0.268 e. The Hall–Kier alpha value is -1.97. The molecule has 0 saturated heterocycles. The highest BCUT2D eigenvalue weighted by Gasteiger charge is 2.65. The molecule has 0 spiro atoms. The van der Waals surface area contributed by atoms with Gasteiger partial charge in [-0.1, -0.05) is 6.07 Å². The van der Waals surface area contributed by atoms with Gasteiger partial charge in [0.15, 0.2) is 0 Å². The maximum absolute atomic E-state index is 13.0. The largest absolute Gasteiger partial charge is 0.442 e. The summed E-state index contributed by atoms with van der Waals surface area (Å²) in [4.78, 5) is 12.1. The number of sulfonamides is 1. The number of amides is 1. The van der Waals surface area contributed by atoms with E-state index in [0.29, 0.717) is 4.31 Å². The normalized spacial score (nSPS) is 21.5. The van der Waals surface area contributed by atoms with E-state index in [1.807, 2.05) is 0 Å². The van der Waals surface area contributed by atoms with Crippen LogP contribution < -0.4 is 0 Å². The molecule has 0 N–H and O–H groups in total. The second-order valence-corrected chi connectivity index (χ2v) is 8.08. The zero-order chi connectivity index (χ0) is 17.4. The third-order valence-electron chi connectivity index (χ3n) is 3.62. The van der Waals surface area contributed by atoms with Crippen molar-refractivity contribution in [1.82, 2.24) is 4.31 Å². The van der Waals surface area contributed by atoms with Gasteiger partial charge in [-0.25, -0.2) is 12.7 Å². The van der Waals surface area contributed by atoms with E-state index < -0.39 is 33.3 Å². The average molecular weight is 347 g/mol. The van der Waals surface area contributed by atoms with E-state index in [2.05, 4.69) is 10.2 Å². The molecule has 10 heteroatoms. The molecule has 2 aliphatic heterocycles. The maximum atomic E-state index is 13.0. The standard InChI is InChI=1S/C13H12F3N3O3S/c1-11(2,3)19-10(20)8-6-7(4-5-9(8)23(19,21)22)12(17-18-12)13(14,15)16/h4-6H,1-3H3. The van der Waals surface area contributed by atoms with Crippen LogP contribution in [0.2, 0.25) is 0 Å². The Kier molecular flexibility index (Phi) is 2.84. The molecule has 0 saturated carbocycles. The highest BCUT2D eigenvalue weighted by atomic mass is 32.2. The van der Waals surface area contributed by atoms with E-state index in [1.54, 1.807) is 0 Å². The first-order valence-electron chi connectivity index (χ1n) is 6.57. The number of nitrogens with zero attached hydrogens (tertiary/aromatic N) is 3. The Morgan fingerprint density at radius 2 is 1.70 bits per heavy atom. The molecule has 124 valence electrons. The van der Waals surface area contributed by atoms with Gasteiger partial charge >= 0.3 is 11.8 Å². The van der Waals surface area contributed by atoms with Gasteiger partial charge in [0.05, 0.1) is 11.1 Å². The van der Waals surface area contributed by atoms with E-state index in [-0.39, 0.29) is 16.0 Å². The van der Waals surface area contributed by atoms with Crippen LogP contribution in [0.15, 0.2) is 33.3 Å². The zero-order valence-electron chi connectivity index (χ0n) is 12.3. The van der Waals surface area contributed by atoms with Crippen LogP contribution in [0.5, 0.6) is 0 Å². The summed E-state index contributed by atoms with van der Waals surface area (Å²) in [6, 6.07) is 2.90. The third-order valence-corrected chi connectivity index (χ3v) is 5.73. The molecule has 0 fully saturated rings. The molecule has 2 heterocycles. The molecule has 0 unspecified atom stereocenters. The topological polar surface area (TPSA) is 79.2 Å². The van der Waals surface area contributed by atoms with Gasteiger partial charge in [0.25, 0.3) is 15.9 Å². The lowest BCUT2D eigenvalue weighted by atomic mass is 9.99. The molecule has 3 rings (SSSR count). The van der Waals surface area contributed by atoms with Crippen molar-refractivity contribution in [3.8, 4) is 0 Å². The van der Waals surface area contributed by atoms with Crippen LogP contribution in [-0.2, 0) is 15.7 Å².